The first kappa shape index (κ1) is 24.6. The average Bonchev–Trinajstić information content (AvgIpc) is 2.91. The number of rotatable bonds is 6. The summed E-state index contributed by atoms with van der Waals surface area (Å²) in [6.07, 6.45) is 0. The maximum atomic E-state index is 13.2. The molecule has 0 saturated heterocycles. The molecule has 182 valence electrons. The number of carbonyl (C=O) groups excluding carboxylic acids is 1. The fourth-order valence-electron chi connectivity index (χ4n) is 4.70. The van der Waals surface area contributed by atoms with Gasteiger partial charge < -0.3 is 5.32 Å². The highest BCUT2D eigenvalue weighted by molar-refractivity contribution is 7.80. The molecule has 4 aromatic carbocycles. The fraction of sp³-hybridized carbons (Fsp3) is 0.0909. The standard InChI is InChI=1S/C33H29N2OP/c1-23-13-10-20-28(35-33(36)29-21-12-15-25(3)34-29)31(23)32-24(2)14-11-22-30(32)37(26-16-6-4-7-17-26)27-18-8-5-9-19-27/h4-22H,1-3H3,(H,35,36). The van der Waals surface area contributed by atoms with E-state index in [2.05, 4.69) is 109 Å². The van der Waals surface area contributed by atoms with Crippen LogP contribution in [0.1, 0.15) is 27.3 Å². The predicted molar refractivity (Wildman–Crippen MR) is 157 cm³/mol. The van der Waals surface area contributed by atoms with Crippen molar-refractivity contribution >= 4 is 35.4 Å². The number of hydrogen-bond acceptors (Lipinski definition) is 2. The first-order chi connectivity index (χ1) is 18.0. The number of hydrogen-bond donors (Lipinski definition) is 1. The van der Waals surface area contributed by atoms with Crippen LogP contribution in [0.5, 0.6) is 0 Å². The second-order valence-corrected chi connectivity index (χ2v) is 11.3. The van der Waals surface area contributed by atoms with E-state index in [9.17, 15) is 4.79 Å². The zero-order valence-electron chi connectivity index (χ0n) is 21.3. The number of pyridine rings is 1. The molecular formula is C33H29N2OP. The molecule has 0 spiro atoms. The molecule has 1 heterocycles. The summed E-state index contributed by atoms with van der Waals surface area (Å²) in [6.45, 7) is 6.16. The van der Waals surface area contributed by atoms with Crippen LogP contribution in [0.15, 0.2) is 115 Å². The molecular weight excluding hydrogens is 471 g/mol. The molecule has 0 bridgehead atoms. The van der Waals surface area contributed by atoms with E-state index in [4.69, 9.17) is 0 Å². The molecule has 1 amide bonds. The van der Waals surface area contributed by atoms with E-state index in [-0.39, 0.29) is 5.91 Å². The summed E-state index contributed by atoms with van der Waals surface area (Å²) in [5.74, 6) is -0.209. The van der Waals surface area contributed by atoms with Crippen molar-refractivity contribution in [1.29, 1.82) is 0 Å². The van der Waals surface area contributed by atoms with Crippen molar-refractivity contribution < 1.29 is 4.79 Å². The Morgan fingerprint density at radius 2 is 1.19 bits per heavy atom. The van der Waals surface area contributed by atoms with Gasteiger partial charge in [-0.25, -0.2) is 4.98 Å². The second kappa shape index (κ2) is 10.9. The van der Waals surface area contributed by atoms with Gasteiger partial charge >= 0.3 is 0 Å². The van der Waals surface area contributed by atoms with Crippen LogP contribution in [0, 0.1) is 20.8 Å². The fourth-order valence-corrected chi connectivity index (χ4v) is 7.25. The normalized spacial score (nSPS) is 10.9. The van der Waals surface area contributed by atoms with Crippen molar-refractivity contribution in [3.63, 3.8) is 0 Å². The molecule has 0 aliphatic heterocycles. The summed E-state index contributed by atoms with van der Waals surface area (Å²) in [5.41, 5.74) is 6.53. The van der Waals surface area contributed by atoms with Crippen molar-refractivity contribution in [2.75, 3.05) is 5.32 Å². The minimum Gasteiger partial charge on any atom is -0.320 e. The molecule has 0 unspecified atom stereocenters. The van der Waals surface area contributed by atoms with Crippen molar-refractivity contribution in [3.05, 3.63) is 138 Å². The van der Waals surface area contributed by atoms with Crippen LogP contribution >= 0.6 is 7.92 Å². The van der Waals surface area contributed by atoms with Gasteiger partial charge in [0.2, 0.25) is 0 Å². The molecule has 0 fully saturated rings. The van der Waals surface area contributed by atoms with Crippen LogP contribution in [0.2, 0.25) is 0 Å². The van der Waals surface area contributed by atoms with Crippen molar-refractivity contribution in [3.8, 4) is 11.1 Å². The number of benzene rings is 4. The van der Waals surface area contributed by atoms with Crippen LogP contribution in [0.25, 0.3) is 11.1 Å². The quantitative estimate of drug-likeness (QED) is 0.264. The van der Waals surface area contributed by atoms with E-state index >= 15 is 0 Å². The van der Waals surface area contributed by atoms with E-state index in [1.807, 2.05) is 31.2 Å². The molecule has 0 saturated carbocycles. The number of anilines is 1. The molecule has 37 heavy (non-hydrogen) atoms. The number of carbonyl (C=O) groups is 1. The molecule has 5 aromatic rings. The molecule has 4 heteroatoms. The van der Waals surface area contributed by atoms with E-state index in [0.717, 1.165) is 22.5 Å². The Hall–Kier alpha value is -4.07. The van der Waals surface area contributed by atoms with Gasteiger partial charge in [0, 0.05) is 16.9 Å². The molecule has 0 radical (unpaired) electrons. The summed E-state index contributed by atoms with van der Waals surface area (Å²) in [6, 6.07) is 39.6. The Kier molecular flexibility index (Phi) is 7.25. The Labute approximate surface area is 220 Å². The van der Waals surface area contributed by atoms with E-state index in [0.29, 0.717) is 5.69 Å². The summed E-state index contributed by atoms with van der Waals surface area (Å²) in [7, 11) is -0.825. The maximum Gasteiger partial charge on any atom is 0.274 e. The average molecular weight is 501 g/mol. The third-order valence-electron chi connectivity index (χ3n) is 6.41. The number of aromatic nitrogens is 1. The molecule has 0 atom stereocenters. The minimum absolute atomic E-state index is 0.209. The topological polar surface area (TPSA) is 42.0 Å². The first-order valence-electron chi connectivity index (χ1n) is 12.4. The van der Waals surface area contributed by atoms with Gasteiger partial charge in [-0.2, -0.15) is 0 Å². The number of nitrogens with zero attached hydrogens (tertiary/aromatic N) is 1. The first-order valence-corrected chi connectivity index (χ1v) is 13.7. The molecule has 5 rings (SSSR count). The maximum absolute atomic E-state index is 13.2. The largest absolute Gasteiger partial charge is 0.320 e. The zero-order valence-corrected chi connectivity index (χ0v) is 22.2. The number of amides is 1. The van der Waals surface area contributed by atoms with Crippen LogP contribution in [0.4, 0.5) is 5.69 Å². The highest BCUT2D eigenvalue weighted by atomic mass is 31.1. The second-order valence-electron chi connectivity index (χ2n) is 9.09. The van der Waals surface area contributed by atoms with E-state index in [1.54, 1.807) is 6.07 Å². The minimum atomic E-state index is -0.825. The van der Waals surface area contributed by atoms with Gasteiger partial charge in [0.1, 0.15) is 5.69 Å². The summed E-state index contributed by atoms with van der Waals surface area (Å²) >= 11 is 0. The molecule has 0 aliphatic rings. The Morgan fingerprint density at radius 3 is 1.81 bits per heavy atom. The summed E-state index contributed by atoms with van der Waals surface area (Å²) in [4.78, 5) is 17.7. The molecule has 1 aromatic heterocycles. The van der Waals surface area contributed by atoms with E-state index < -0.39 is 7.92 Å². The van der Waals surface area contributed by atoms with Crippen LogP contribution in [-0.2, 0) is 0 Å². The molecule has 0 aliphatic carbocycles. The van der Waals surface area contributed by atoms with Gasteiger partial charge in [-0.1, -0.05) is 97.1 Å². The third kappa shape index (κ3) is 5.23. The smallest absolute Gasteiger partial charge is 0.274 e. The zero-order chi connectivity index (χ0) is 25.8. The van der Waals surface area contributed by atoms with Gasteiger partial charge in [-0.3, -0.25) is 4.79 Å². The van der Waals surface area contributed by atoms with Gasteiger partial charge in [0.15, 0.2) is 0 Å². The highest BCUT2D eigenvalue weighted by Gasteiger charge is 2.24. The van der Waals surface area contributed by atoms with Gasteiger partial charge in [-0.15, -0.1) is 0 Å². The summed E-state index contributed by atoms with van der Waals surface area (Å²) < 4.78 is 0. The lowest BCUT2D eigenvalue weighted by Gasteiger charge is -2.25. The Morgan fingerprint density at radius 1 is 0.622 bits per heavy atom. The van der Waals surface area contributed by atoms with E-state index in [1.165, 1.54) is 27.0 Å². The SMILES string of the molecule is Cc1cccc(C(=O)Nc2cccc(C)c2-c2c(C)cccc2P(c2ccccc2)c2ccccc2)n1. The van der Waals surface area contributed by atoms with Crippen LogP contribution < -0.4 is 21.2 Å². The number of nitrogens with one attached hydrogen (secondary N) is 1. The van der Waals surface area contributed by atoms with Crippen molar-refractivity contribution in [2.24, 2.45) is 0 Å². The molecule has 3 nitrogen and oxygen atoms in total. The van der Waals surface area contributed by atoms with Gasteiger partial charge in [-0.05, 0) is 79.5 Å². The molecule has 1 N–H and O–H groups in total. The lowest BCUT2D eigenvalue weighted by atomic mass is 9.94. The predicted octanol–water partition coefficient (Wildman–Crippen LogP) is 6.68. The van der Waals surface area contributed by atoms with Gasteiger partial charge in [0.05, 0.1) is 0 Å². The third-order valence-corrected chi connectivity index (χ3v) is 8.90. The monoisotopic (exact) mass is 500 g/mol. The van der Waals surface area contributed by atoms with Crippen LogP contribution in [0.3, 0.4) is 0 Å². The van der Waals surface area contributed by atoms with Crippen LogP contribution in [-0.4, -0.2) is 10.9 Å². The summed E-state index contributed by atoms with van der Waals surface area (Å²) in [5, 5.41) is 7.02. The van der Waals surface area contributed by atoms with Gasteiger partial charge in [0.25, 0.3) is 5.91 Å². The highest BCUT2D eigenvalue weighted by Crippen LogP contribution is 2.41. The Balaban J connectivity index is 1.69. The Bertz CT molecular complexity index is 1510. The lowest BCUT2D eigenvalue weighted by molar-refractivity contribution is 0.102. The lowest BCUT2D eigenvalue weighted by Crippen LogP contribution is -2.23. The van der Waals surface area contributed by atoms with Crippen molar-refractivity contribution in [2.45, 2.75) is 20.8 Å². The number of aryl methyl sites for hydroxylation is 3. The van der Waals surface area contributed by atoms with Crippen molar-refractivity contribution in [1.82, 2.24) is 4.98 Å².